The predicted molar refractivity (Wildman–Crippen MR) is 254 cm³/mol. The standard InChI is InChI=1S/C24H46P14.HOPS2/c1-5-14-15(6-2)17(8-9-25)18(10-22(26)27)19(11-23(28)29)20(12-24(30)37(32)33)21(16(14)7-3)13-35-38(34)36(4)31;1-2(3)4/h5-21H,1-3,25-34H2,4H3;(H,1,3,4)/p+1/b9-8?,24-12-;. The van der Waals surface area contributed by atoms with E-state index in [2.05, 4.69) is 196 Å². The summed E-state index contributed by atoms with van der Waals surface area (Å²) >= 11 is 7.28. The second kappa shape index (κ2) is 25.7. The third-order valence-corrected chi connectivity index (χ3v) is 33.3. The first-order valence-electron chi connectivity index (χ1n) is 12.5. The number of allylic oxidation sites excluding steroid dienone is 7. The van der Waals surface area contributed by atoms with Gasteiger partial charge in [-0.2, -0.15) is 0 Å². The summed E-state index contributed by atoms with van der Waals surface area (Å²) < 4.78 is 9.27. The van der Waals surface area contributed by atoms with Crippen molar-refractivity contribution in [1.29, 1.82) is 0 Å². The van der Waals surface area contributed by atoms with Crippen molar-refractivity contribution in [2.75, 3.05) is 6.66 Å². The van der Waals surface area contributed by atoms with Crippen molar-refractivity contribution in [1.82, 2.24) is 0 Å². The molecule has 0 aliphatic heterocycles. The van der Waals surface area contributed by atoms with Crippen LogP contribution in [-0.2, 0) is 16.8 Å². The molecular formula is C24H48OP15S2+. The van der Waals surface area contributed by atoms with Gasteiger partial charge in [0, 0.05) is 5.92 Å². The topological polar surface area (TPSA) is 17.1 Å². The van der Waals surface area contributed by atoms with E-state index in [0.29, 0.717) is 11.8 Å². The molecule has 22 unspecified atom stereocenters. The van der Waals surface area contributed by atoms with E-state index in [1.54, 1.807) is 0 Å². The van der Waals surface area contributed by atoms with Gasteiger partial charge in [-0.15, -0.1) is 102 Å². The maximum atomic E-state index is 9.27. The predicted octanol–water partition coefficient (Wildman–Crippen LogP) is 12.4. The van der Waals surface area contributed by atoms with Crippen molar-refractivity contribution in [2.45, 2.75) is 0 Å². The molecule has 22 atom stereocenters. The molecule has 0 saturated heterocycles. The normalized spacial score (nSPS) is 30.3. The highest BCUT2D eigenvalue weighted by molar-refractivity contribution is 8.83. The van der Waals surface area contributed by atoms with Crippen LogP contribution in [0.4, 0.5) is 0 Å². The van der Waals surface area contributed by atoms with Crippen molar-refractivity contribution in [3.05, 3.63) is 83.3 Å². The van der Waals surface area contributed by atoms with Gasteiger partial charge in [-0.25, -0.2) is 0 Å². The van der Waals surface area contributed by atoms with Gasteiger partial charge in [-0.05, 0) is 77.9 Å². The minimum Gasteiger partial charge on any atom is -0.432 e. The highest BCUT2D eigenvalue weighted by Crippen LogP contribution is 2.83. The molecule has 1 aliphatic carbocycles. The van der Waals surface area contributed by atoms with Crippen LogP contribution in [0.25, 0.3) is 0 Å². The van der Waals surface area contributed by atoms with Crippen LogP contribution in [0, 0.1) is 47.3 Å². The lowest BCUT2D eigenvalue weighted by Crippen LogP contribution is -2.43. The molecule has 1 nitrogen and oxygen atoms in total. The van der Waals surface area contributed by atoms with E-state index >= 15 is 0 Å². The van der Waals surface area contributed by atoms with Crippen molar-refractivity contribution < 1.29 is 4.57 Å². The molecule has 1 rings (SSSR count). The number of rotatable bonds is 11. The summed E-state index contributed by atoms with van der Waals surface area (Å²) in [6.45, 7) is 15.4. The molecule has 42 heavy (non-hydrogen) atoms. The number of hydrogen-bond acceptors (Lipinski definition) is 2. The smallest absolute Gasteiger partial charge is 0.274 e. The van der Waals surface area contributed by atoms with Crippen LogP contribution in [0.1, 0.15) is 0 Å². The van der Waals surface area contributed by atoms with Crippen molar-refractivity contribution in [2.24, 2.45) is 47.3 Å². The lowest BCUT2D eigenvalue weighted by molar-refractivity contribution is 0.136. The zero-order chi connectivity index (χ0) is 32.7. The van der Waals surface area contributed by atoms with Gasteiger partial charge >= 0.3 is 0 Å². The third kappa shape index (κ3) is 17.1. The van der Waals surface area contributed by atoms with Crippen LogP contribution < -0.4 is 0 Å². The van der Waals surface area contributed by atoms with Gasteiger partial charge < -0.3 is 12.2 Å². The quantitative estimate of drug-likeness (QED) is 0.0964. The fourth-order valence-electron chi connectivity index (χ4n) is 5.25. The Morgan fingerprint density at radius 3 is 1.52 bits per heavy atom. The summed E-state index contributed by atoms with van der Waals surface area (Å²) in [6, 6.07) is 0. The minimum absolute atomic E-state index is 0.0493. The second-order valence-electron chi connectivity index (χ2n) is 9.49. The number of hydrogen-bond donors (Lipinski definition) is 1. The molecule has 1 aliphatic rings. The van der Waals surface area contributed by atoms with Gasteiger partial charge in [-0.3, -0.25) is 0 Å². The summed E-state index contributed by atoms with van der Waals surface area (Å²) in [7, 11) is 30.1. The van der Waals surface area contributed by atoms with Crippen LogP contribution in [0.2, 0.25) is 0 Å². The van der Waals surface area contributed by atoms with E-state index < -0.39 is 6.20 Å². The van der Waals surface area contributed by atoms with Crippen LogP contribution >= 0.6 is 139 Å². The molecule has 0 heterocycles. The Balaban J connectivity index is 0.00000393. The van der Waals surface area contributed by atoms with Crippen molar-refractivity contribution in [3.8, 4) is 0 Å². The highest BCUT2D eigenvalue weighted by atomic mass is 33.0. The maximum Gasteiger partial charge on any atom is 0.274 e. The molecule has 18 heteroatoms. The van der Waals surface area contributed by atoms with Gasteiger partial charge in [0.25, 0.3) is 6.20 Å². The zero-order valence-corrected chi connectivity index (χ0v) is 41.6. The molecule has 0 aromatic carbocycles. The average molecular weight is 881 g/mol. The summed E-state index contributed by atoms with van der Waals surface area (Å²) in [5, 5.41) is 3.75. The third-order valence-electron chi connectivity index (χ3n) is 6.88. The zero-order valence-electron chi connectivity index (χ0n) is 23.8. The molecule has 0 aromatic rings. The fourth-order valence-corrected chi connectivity index (χ4v) is 14.8. The first-order chi connectivity index (χ1) is 19.6. The fraction of sp³-hybridized carbons (Fsp3) is 0.375. The van der Waals surface area contributed by atoms with E-state index in [9.17, 15) is 4.57 Å². The number of thiol groups is 1. The minimum atomic E-state index is -1.59. The van der Waals surface area contributed by atoms with Gasteiger partial charge in [0.05, 0.1) is 18.0 Å². The summed E-state index contributed by atoms with van der Waals surface area (Å²) in [5.41, 5.74) is 0. The van der Waals surface area contributed by atoms with E-state index in [1.807, 2.05) is 0 Å². The van der Waals surface area contributed by atoms with Crippen LogP contribution in [0.3, 0.4) is 0 Å². The maximum absolute atomic E-state index is 9.27. The molecule has 0 N–H and O–H groups in total. The largest absolute Gasteiger partial charge is 0.432 e. The monoisotopic (exact) mass is 881 g/mol. The van der Waals surface area contributed by atoms with Gasteiger partial charge in [0.15, 0.2) is 6.99 Å². The van der Waals surface area contributed by atoms with E-state index in [-0.39, 0.29) is 57.1 Å². The molecule has 0 radical (unpaired) electrons. The molecule has 1 saturated carbocycles. The molecule has 0 amide bonds. The molecule has 236 valence electrons. The van der Waals surface area contributed by atoms with Crippen LogP contribution in [-0.4, -0.2) is 12.5 Å². The molecule has 1 fully saturated rings. The highest BCUT2D eigenvalue weighted by Gasteiger charge is 2.46. The Morgan fingerprint density at radius 2 is 1.17 bits per heavy atom. The Bertz CT molecular complexity index is 1050. The molecular weight excluding hydrogens is 833 g/mol. The Labute approximate surface area is 296 Å². The Kier molecular flexibility index (Phi) is 28.5. The second-order valence-corrected chi connectivity index (χ2v) is 41.8. The van der Waals surface area contributed by atoms with Gasteiger partial charge in [0.2, 0.25) is 0 Å². The SMILES string of the molecule is C=CC1C(C=C)C(C=C)C(C=[PH+]P(P)P(C)P)C(/C=C(/P)P(P)P)C(C=C(P)P)C(C=C(P)P)C1C=CP.O=[P+]([S-])S. The van der Waals surface area contributed by atoms with Crippen LogP contribution in [0.15, 0.2) is 83.3 Å². The molecule has 0 aromatic heterocycles. The van der Waals surface area contributed by atoms with Crippen molar-refractivity contribution in [3.63, 3.8) is 0 Å². The Hall–Kier alpha value is 4.74. The lowest BCUT2D eigenvalue weighted by atomic mass is 9.57. The van der Waals surface area contributed by atoms with Gasteiger partial charge in [0.1, 0.15) is 7.89 Å². The molecule has 0 bridgehead atoms. The van der Waals surface area contributed by atoms with Gasteiger partial charge in [-0.1, -0.05) is 61.8 Å². The summed E-state index contributed by atoms with van der Waals surface area (Å²) in [4.78, 5) is 0. The summed E-state index contributed by atoms with van der Waals surface area (Å²) in [5.74, 6) is 6.96. The van der Waals surface area contributed by atoms with Crippen LogP contribution in [0.5, 0.6) is 0 Å². The Morgan fingerprint density at radius 1 is 0.786 bits per heavy atom. The molecule has 0 spiro atoms. The average Bonchev–Trinajstić information content (AvgIpc) is 2.88. The summed E-state index contributed by atoms with van der Waals surface area (Å²) in [6.07, 6.45) is 14.8. The van der Waals surface area contributed by atoms with Crippen molar-refractivity contribution >= 4 is 157 Å². The van der Waals surface area contributed by atoms with E-state index in [1.165, 1.54) is 15.2 Å². The van der Waals surface area contributed by atoms with E-state index in [4.69, 9.17) is 0 Å². The van der Waals surface area contributed by atoms with E-state index in [0.717, 1.165) is 7.89 Å². The first-order valence-corrected chi connectivity index (χ1v) is 33.1. The first kappa shape index (κ1) is 46.7. The lowest BCUT2D eigenvalue weighted by Gasteiger charge is -2.47.